The van der Waals surface area contributed by atoms with Crippen LogP contribution in [0.15, 0.2) is 29.1 Å². The number of nitrogens with one attached hydrogen (secondary N) is 1. The second-order valence-electron chi connectivity index (χ2n) is 3.41. The van der Waals surface area contributed by atoms with Gasteiger partial charge in [0.15, 0.2) is 0 Å². The van der Waals surface area contributed by atoms with Gasteiger partial charge >= 0.3 is 0 Å². The van der Waals surface area contributed by atoms with Crippen LogP contribution in [0, 0.1) is 6.92 Å². The maximum Gasteiger partial charge on any atom is 0.128 e. The highest BCUT2D eigenvalue weighted by Gasteiger charge is 1.98. The van der Waals surface area contributed by atoms with Crippen molar-refractivity contribution in [3.63, 3.8) is 0 Å². The largest absolute Gasteiger partial charge is 0.398 e. The lowest BCUT2D eigenvalue weighted by atomic mass is 10.2. The molecule has 3 N–H and O–H groups in total. The number of hydrogen-bond donors (Lipinski definition) is 2. The van der Waals surface area contributed by atoms with E-state index in [0.717, 1.165) is 23.6 Å². The van der Waals surface area contributed by atoms with Gasteiger partial charge in [-0.15, -0.1) is 0 Å². The average molecular weight is 219 g/mol. The maximum absolute atomic E-state index is 5.79. The van der Waals surface area contributed by atoms with Gasteiger partial charge in [0.2, 0.25) is 0 Å². The van der Waals surface area contributed by atoms with Crippen molar-refractivity contribution in [2.24, 2.45) is 0 Å². The quantitative estimate of drug-likeness (QED) is 0.834. The molecule has 0 aliphatic rings. The summed E-state index contributed by atoms with van der Waals surface area (Å²) in [6.07, 6.45) is 1.78. The molecule has 0 aromatic carbocycles. The minimum absolute atomic E-state index is 0.776. The molecule has 2 heterocycles. The first-order chi connectivity index (χ1) is 7.25. The van der Waals surface area contributed by atoms with Gasteiger partial charge in [0, 0.05) is 24.5 Å². The first-order valence-electron chi connectivity index (χ1n) is 4.73. The van der Waals surface area contributed by atoms with E-state index in [0.29, 0.717) is 0 Å². The molecule has 2 rings (SSSR count). The van der Waals surface area contributed by atoms with Crippen molar-refractivity contribution in [3.8, 4) is 0 Å². The van der Waals surface area contributed by atoms with Gasteiger partial charge in [0.25, 0.3) is 0 Å². The normalized spacial score (nSPS) is 10.2. The lowest BCUT2D eigenvalue weighted by Crippen LogP contribution is -2.01. The molecule has 0 aliphatic carbocycles. The third-order valence-electron chi connectivity index (χ3n) is 2.20. The standard InChI is InChI=1S/C11H13N3S/c1-8-5-13-11(4-10(8)12)14-6-9-2-3-15-7-9/h2-5,7H,6H2,1H3,(H3,12,13,14). The molecule has 0 radical (unpaired) electrons. The van der Waals surface area contributed by atoms with Crippen LogP contribution < -0.4 is 11.1 Å². The van der Waals surface area contributed by atoms with Crippen LogP contribution in [0.5, 0.6) is 0 Å². The van der Waals surface area contributed by atoms with Crippen LogP contribution in [-0.4, -0.2) is 4.98 Å². The number of aryl methyl sites for hydroxylation is 1. The molecule has 4 heteroatoms. The number of nitrogens with zero attached hydrogens (tertiary/aromatic N) is 1. The van der Waals surface area contributed by atoms with Gasteiger partial charge in [0.05, 0.1) is 0 Å². The number of nitrogens with two attached hydrogens (primary N) is 1. The van der Waals surface area contributed by atoms with Gasteiger partial charge in [-0.3, -0.25) is 0 Å². The van der Waals surface area contributed by atoms with E-state index in [-0.39, 0.29) is 0 Å². The third kappa shape index (κ3) is 2.47. The van der Waals surface area contributed by atoms with Crippen molar-refractivity contribution in [2.75, 3.05) is 11.1 Å². The summed E-state index contributed by atoms with van der Waals surface area (Å²) in [5, 5.41) is 7.41. The molecule has 0 atom stereocenters. The predicted octanol–water partition coefficient (Wildman–Crippen LogP) is 2.65. The van der Waals surface area contributed by atoms with Crippen molar-refractivity contribution in [1.82, 2.24) is 4.98 Å². The molecule has 2 aromatic rings. The Bertz CT molecular complexity index is 437. The Kier molecular flexibility index (Phi) is 2.87. The minimum atomic E-state index is 0.776. The Morgan fingerprint density at radius 3 is 3.07 bits per heavy atom. The van der Waals surface area contributed by atoms with Gasteiger partial charge in [-0.25, -0.2) is 4.98 Å². The summed E-state index contributed by atoms with van der Waals surface area (Å²) in [4.78, 5) is 4.25. The van der Waals surface area contributed by atoms with Crippen LogP contribution in [0.1, 0.15) is 11.1 Å². The van der Waals surface area contributed by atoms with E-state index < -0.39 is 0 Å². The summed E-state index contributed by atoms with van der Waals surface area (Å²) < 4.78 is 0. The summed E-state index contributed by atoms with van der Waals surface area (Å²) in [5.74, 6) is 0.823. The fraction of sp³-hybridized carbons (Fsp3) is 0.182. The Hall–Kier alpha value is -1.55. The number of nitrogen functional groups attached to an aromatic ring is 1. The van der Waals surface area contributed by atoms with Crippen molar-refractivity contribution in [2.45, 2.75) is 13.5 Å². The Morgan fingerprint density at radius 1 is 1.53 bits per heavy atom. The first kappa shape index (κ1) is 9.98. The summed E-state index contributed by atoms with van der Waals surface area (Å²) >= 11 is 1.70. The zero-order chi connectivity index (χ0) is 10.7. The maximum atomic E-state index is 5.79. The van der Waals surface area contributed by atoms with E-state index in [9.17, 15) is 0 Å². The van der Waals surface area contributed by atoms with E-state index in [1.54, 1.807) is 17.5 Å². The Balaban J connectivity index is 2.02. The van der Waals surface area contributed by atoms with Crippen LogP contribution in [0.25, 0.3) is 0 Å². The number of anilines is 2. The third-order valence-corrected chi connectivity index (χ3v) is 2.93. The van der Waals surface area contributed by atoms with Crippen molar-refractivity contribution >= 4 is 22.8 Å². The number of thiophene rings is 1. The SMILES string of the molecule is Cc1cnc(NCc2ccsc2)cc1N. The lowest BCUT2D eigenvalue weighted by Gasteiger charge is -2.06. The number of hydrogen-bond acceptors (Lipinski definition) is 4. The highest BCUT2D eigenvalue weighted by molar-refractivity contribution is 7.07. The molecule has 0 aliphatic heterocycles. The number of pyridine rings is 1. The lowest BCUT2D eigenvalue weighted by molar-refractivity contribution is 1.12. The van der Waals surface area contributed by atoms with Crippen molar-refractivity contribution in [1.29, 1.82) is 0 Å². The van der Waals surface area contributed by atoms with Crippen LogP contribution in [0.4, 0.5) is 11.5 Å². The van der Waals surface area contributed by atoms with Gasteiger partial charge in [-0.1, -0.05) is 0 Å². The highest BCUT2D eigenvalue weighted by atomic mass is 32.1. The molecule has 0 bridgehead atoms. The molecule has 2 aromatic heterocycles. The molecule has 3 nitrogen and oxygen atoms in total. The fourth-order valence-electron chi connectivity index (χ4n) is 1.22. The van der Waals surface area contributed by atoms with Gasteiger partial charge < -0.3 is 11.1 Å². The fourth-order valence-corrected chi connectivity index (χ4v) is 1.89. The van der Waals surface area contributed by atoms with E-state index in [4.69, 9.17) is 5.73 Å². The van der Waals surface area contributed by atoms with E-state index >= 15 is 0 Å². The van der Waals surface area contributed by atoms with Gasteiger partial charge in [-0.05, 0) is 34.9 Å². The molecular weight excluding hydrogens is 206 g/mol. The van der Waals surface area contributed by atoms with Gasteiger partial charge in [-0.2, -0.15) is 11.3 Å². The van der Waals surface area contributed by atoms with Crippen LogP contribution in [0.3, 0.4) is 0 Å². The van der Waals surface area contributed by atoms with Crippen LogP contribution in [-0.2, 0) is 6.54 Å². The molecule has 15 heavy (non-hydrogen) atoms. The first-order valence-corrected chi connectivity index (χ1v) is 5.67. The van der Waals surface area contributed by atoms with Crippen molar-refractivity contribution < 1.29 is 0 Å². The smallest absolute Gasteiger partial charge is 0.128 e. The summed E-state index contributed by atoms with van der Waals surface area (Å²) in [6, 6.07) is 3.96. The minimum Gasteiger partial charge on any atom is -0.398 e. The number of rotatable bonds is 3. The second kappa shape index (κ2) is 4.31. The molecule has 0 unspecified atom stereocenters. The predicted molar refractivity (Wildman–Crippen MR) is 65.0 cm³/mol. The van der Waals surface area contributed by atoms with E-state index in [2.05, 4.69) is 27.1 Å². The molecule has 78 valence electrons. The van der Waals surface area contributed by atoms with Crippen molar-refractivity contribution in [3.05, 3.63) is 40.2 Å². The average Bonchev–Trinajstić information content (AvgIpc) is 2.73. The second-order valence-corrected chi connectivity index (χ2v) is 4.19. The molecule has 0 amide bonds. The molecule has 0 saturated carbocycles. The summed E-state index contributed by atoms with van der Waals surface area (Å²) in [5.41, 5.74) is 8.84. The molecule has 0 saturated heterocycles. The van der Waals surface area contributed by atoms with Crippen LogP contribution >= 0.6 is 11.3 Å². The molecular formula is C11H13N3S. The monoisotopic (exact) mass is 219 g/mol. The van der Waals surface area contributed by atoms with E-state index in [1.807, 2.05) is 13.0 Å². The Morgan fingerprint density at radius 2 is 2.40 bits per heavy atom. The molecule has 0 spiro atoms. The van der Waals surface area contributed by atoms with E-state index in [1.165, 1.54) is 5.56 Å². The highest BCUT2D eigenvalue weighted by Crippen LogP contribution is 2.15. The van der Waals surface area contributed by atoms with Crippen LogP contribution in [0.2, 0.25) is 0 Å². The zero-order valence-corrected chi connectivity index (χ0v) is 9.34. The number of aromatic nitrogens is 1. The Labute approximate surface area is 93.0 Å². The topological polar surface area (TPSA) is 50.9 Å². The van der Waals surface area contributed by atoms with Gasteiger partial charge in [0.1, 0.15) is 5.82 Å². The molecule has 0 fully saturated rings. The zero-order valence-electron chi connectivity index (χ0n) is 8.53. The summed E-state index contributed by atoms with van der Waals surface area (Å²) in [6.45, 7) is 2.74. The summed E-state index contributed by atoms with van der Waals surface area (Å²) in [7, 11) is 0.